The average Bonchev–Trinajstić information content (AvgIpc) is 2.96. The first-order chi connectivity index (χ1) is 7.09. The fourth-order valence-corrected chi connectivity index (χ4v) is 2.40. The maximum Gasteiger partial charge on any atom is 0.144 e. The molecule has 0 amide bonds. The number of hydrogen-bond donors (Lipinski definition) is 3. The number of phenols is 1. The van der Waals surface area contributed by atoms with E-state index in [0.717, 1.165) is 22.4 Å². The Morgan fingerprint density at radius 3 is 2.73 bits per heavy atom. The highest BCUT2D eigenvalue weighted by Gasteiger charge is 2.27. The second-order valence-electron chi connectivity index (χ2n) is 4.18. The van der Waals surface area contributed by atoms with E-state index in [1.807, 2.05) is 6.07 Å². The molecule has 1 aromatic rings. The number of nitrogens with two attached hydrogens (primary N) is 2. The monoisotopic (exact) mass is 270 g/mol. The zero-order chi connectivity index (χ0) is 11.0. The van der Waals surface area contributed by atoms with Gasteiger partial charge in [0.15, 0.2) is 0 Å². The number of aromatic hydroxyl groups is 1. The third kappa shape index (κ3) is 2.26. The van der Waals surface area contributed by atoms with Gasteiger partial charge in [-0.05, 0) is 24.5 Å². The van der Waals surface area contributed by atoms with Crippen LogP contribution in [0.1, 0.15) is 30.9 Å². The summed E-state index contributed by atoms with van der Waals surface area (Å²) in [6.45, 7) is 0. The summed E-state index contributed by atoms with van der Waals surface area (Å²) in [5, 5.41) is 9.85. The van der Waals surface area contributed by atoms with Crippen LogP contribution in [0, 0.1) is 5.92 Å². The van der Waals surface area contributed by atoms with Crippen molar-refractivity contribution < 1.29 is 5.11 Å². The lowest BCUT2D eigenvalue weighted by atomic mass is 10.0. The Labute approximate surface area is 97.6 Å². The van der Waals surface area contributed by atoms with Gasteiger partial charge in [0, 0.05) is 16.1 Å². The molecule has 82 valence electrons. The van der Waals surface area contributed by atoms with Crippen LogP contribution < -0.4 is 11.5 Å². The molecule has 0 spiro atoms. The quantitative estimate of drug-likeness (QED) is 0.584. The molecule has 1 aliphatic rings. The number of phenolic OH excluding ortho intramolecular Hbond substituents is 1. The predicted octanol–water partition coefficient (Wildman–Crippen LogP) is 2.54. The van der Waals surface area contributed by atoms with Crippen LogP contribution in [0.5, 0.6) is 5.75 Å². The molecule has 1 fully saturated rings. The molecule has 15 heavy (non-hydrogen) atoms. The molecule has 0 aliphatic heterocycles. The van der Waals surface area contributed by atoms with Gasteiger partial charge in [-0.15, -0.1) is 0 Å². The van der Waals surface area contributed by atoms with Gasteiger partial charge >= 0.3 is 0 Å². The maximum atomic E-state index is 9.85. The lowest BCUT2D eigenvalue weighted by molar-refractivity contribution is 0.457. The SMILES string of the molecule is Nc1ccc(Br)c([C@@H](N)CC2CC2)c1O. The van der Waals surface area contributed by atoms with Crippen LogP contribution in [0.25, 0.3) is 0 Å². The fourth-order valence-electron chi connectivity index (χ4n) is 1.78. The number of nitrogen functional groups attached to an aromatic ring is 1. The standard InChI is InChI=1S/C11H15BrN2O/c12-7-3-4-8(13)11(15)10(7)9(14)5-6-1-2-6/h3-4,6,9,15H,1-2,5,13-14H2/t9-/m0/s1. The molecule has 0 unspecified atom stereocenters. The fraction of sp³-hybridized carbons (Fsp3) is 0.455. The molecule has 3 nitrogen and oxygen atoms in total. The van der Waals surface area contributed by atoms with Crippen molar-refractivity contribution in [1.82, 2.24) is 0 Å². The van der Waals surface area contributed by atoms with Crippen molar-refractivity contribution in [3.8, 4) is 5.75 Å². The van der Waals surface area contributed by atoms with Crippen LogP contribution in [0.2, 0.25) is 0 Å². The minimum atomic E-state index is -0.129. The van der Waals surface area contributed by atoms with Gasteiger partial charge in [-0.2, -0.15) is 0 Å². The van der Waals surface area contributed by atoms with E-state index in [2.05, 4.69) is 15.9 Å². The Morgan fingerprint density at radius 1 is 1.47 bits per heavy atom. The summed E-state index contributed by atoms with van der Waals surface area (Å²) in [5.41, 5.74) is 12.8. The van der Waals surface area contributed by atoms with Gasteiger partial charge in [-0.1, -0.05) is 28.8 Å². The van der Waals surface area contributed by atoms with E-state index in [-0.39, 0.29) is 11.8 Å². The van der Waals surface area contributed by atoms with Crippen molar-refractivity contribution in [2.75, 3.05) is 5.73 Å². The van der Waals surface area contributed by atoms with Gasteiger partial charge in [0.05, 0.1) is 5.69 Å². The molecular formula is C11H15BrN2O. The Kier molecular flexibility index (Phi) is 2.89. The van der Waals surface area contributed by atoms with Crippen LogP contribution >= 0.6 is 15.9 Å². The van der Waals surface area contributed by atoms with Crippen LogP contribution in [-0.4, -0.2) is 5.11 Å². The van der Waals surface area contributed by atoms with Gasteiger partial charge in [-0.3, -0.25) is 0 Å². The summed E-state index contributed by atoms with van der Waals surface area (Å²) in [5.74, 6) is 0.852. The van der Waals surface area contributed by atoms with E-state index in [1.165, 1.54) is 12.8 Å². The molecule has 0 heterocycles. The molecule has 5 N–H and O–H groups in total. The first-order valence-electron chi connectivity index (χ1n) is 5.12. The zero-order valence-electron chi connectivity index (χ0n) is 8.41. The van der Waals surface area contributed by atoms with E-state index in [0.29, 0.717) is 5.69 Å². The lowest BCUT2D eigenvalue weighted by Crippen LogP contribution is -2.12. The van der Waals surface area contributed by atoms with E-state index < -0.39 is 0 Å². The van der Waals surface area contributed by atoms with Crippen LogP contribution in [0.3, 0.4) is 0 Å². The summed E-state index contributed by atoms with van der Waals surface area (Å²) in [7, 11) is 0. The minimum absolute atomic E-state index is 0.123. The van der Waals surface area contributed by atoms with Crippen molar-refractivity contribution in [2.24, 2.45) is 11.7 Å². The number of benzene rings is 1. The predicted molar refractivity (Wildman–Crippen MR) is 64.5 cm³/mol. The van der Waals surface area contributed by atoms with E-state index in [4.69, 9.17) is 11.5 Å². The second-order valence-corrected chi connectivity index (χ2v) is 5.04. The normalized spacial score (nSPS) is 17.7. The molecule has 2 rings (SSSR count). The highest BCUT2D eigenvalue weighted by atomic mass is 79.9. The molecule has 1 aliphatic carbocycles. The molecule has 1 saturated carbocycles. The van der Waals surface area contributed by atoms with Gasteiger partial charge in [0.1, 0.15) is 5.75 Å². The highest BCUT2D eigenvalue weighted by Crippen LogP contribution is 2.42. The molecule has 0 saturated heterocycles. The van der Waals surface area contributed by atoms with Crippen LogP contribution in [0.4, 0.5) is 5.69 Å². The summed E-state index contributed by atoms with van der Waals surface area (Å²) in [6.07, 6.45) is 3.44. The summed E-state index contributed by atoms with van der Waals surface area (Å²) in [6, 6.07) is 3.37. The summed E-state index contributed by atoms with van der Waals surface area (Å²) in [4.78, 5) is 0. The van der Waals surface area contributed by atoms with Crippen molar-refractivity contribution in [3.63, 3.8) is 0 Å². The Balaban J connectivity index is 2.27. The van der Waals surface area contributed by atoms with Gasteiger partial charge in [0.2, 0.25) is 0 Å². The van der Waals surface area contributed by atoms with Crippen LogP contribution in [0.15, 0.2) is 16.6 Å². The zero-order valence-corrected chi connectivity index (χ0v) is 10.00. The number of hydrogen-bond acceptors (Lipinski definition) is 3. The van der Waals surface area contributed by atoms with Crippen molar-refractivity contribution >= 4 is 21.6 Å². The number of halogens is 1. The third-order valence-corrected chi connectivity index (χ3v) is 3.54. The molecular weight excluding hydrogens is 256 g/mol. The number of rotatable bonds is 3. The van der Waals surface area contributed by atoms with Gasteiger partial charge in [0.25, 0.3) is 0 Å². The van der Waals surface area contributed by atoms with Gasteiger partial charge in [-0.25, -0.2) is 0 Å². The molecule has 4 heteroatoms. The Hall–Kier alpha value is -0.740. The van der Waals surface area contributed by atoms with Gasteiger partial charge < -0.3 is 16.6 Å². The molecule has 1 atom stereocenters. The Morgan fingerprint density at radius 2 is 2.13 bits per heavy atom. The van der Waals surface area contributed by atoms with E-state index in [9.17, 15) is 5.11 Å². The highest BCUT2D eigenvalue weighted by molar-refractivity contribution is 9.10. The number of anilines is 1. The molecule has 0 radical (unpaired) electrons. The smallest absolute Gasteiger partial charge is 0.144 e. The van der Waals surface area contributed by atoms with Crippen molar-refractivity contribution in [1.29, 1.82) is 0 Å². The summed E-state index contributed by atoms with van der Waals surface area (Å²) < 4.78 is 0.836. The molecule has 0 aromatic heterocycles. The minimum Gasteiger partial charge on any atom is -0.505 e. The Bertz CT molecular complexity index is 377. The molecule has 0 bridgehead atoms. The maximum absolute atomic E-state index is 9.85. The average molecular weight is 271 g/mol. The first-order valence-corrected chi connectivity index (χ1v) is 5.91. The van der Waals surface area contributed by atoms with Crippen molar-refractivity contribution in [2.45, 2.75) is 25.3 Å². The second kappa shape index (κ2) is 4.02. The van der Waals surface area contributed by atoms with E-state index in [1.54, 1.807) is 6.07 Å². The van der Waals surface area contributed by atoms with Crippen LogP contribution in [-0.2, 0) is 0 Å². The topological polar surface area (TPSA) is 72.3 Å². The lowest BCUT2D eigenvalue weighted by Gasteiger charge is -2.16. The van der Waals surface area contributed by atoms with E-state index >= 15 is 0 Å². The largest absolute Gasteiger partial charge is 0.505 e. The van der Waals surface area contributed by atoms with Crippen molar-refractivity contribution in [3.05, 3.63) is 22.2 Å². The molecule has 1 aromatic carbocycles. The summed E-state index contributed by atoms with van der Waals surface area (Å²) >= 11 is 3.40. The first kappa shape index (κ1) is 10.8. The third-order valence-electron chi connectivity index (χ3n) is 2.85.